The summed E-state index contributed by atoms with van der Waals surface area (Å²) in [6, 6.07) is 0. The van der Waals surface area contributed by atoms with E-state index in [0.29, 0.717) is 19.4 Å². The highest BCUT2D eigenvalue weighted by Crippen LogP contribution is 2.31. The smallest absolute Gasteiger partial charge is 0.307 e. The van der Waals surface area contributed by atoms with Crippen LogP contribution in [0, 0.1) is 11.8 Å². The Hall–Kier alpha value is -1.10. The second-order valence-electron chi connectivity index (χ2n) is 5.10. The molecule has 0 aromatic heterocycles. The molecule has 0 saturated heterocycles. The van der Waals surface area contributed by atoms with Crippen LogP contribution in [0.5, 0.6) is 0 Å². The normalized spacial score (nSPS) is 25.5. The number of aliphatic carboxylic acids is 1. The Labute approximate surface area is 108 Å². The summed E-state index contributed by atoms with van der Waals surface area (Å²) < 4.78 is 5.12. The quantitative estimate of drug-likeness (QED) is 0.807. The van der Waals surface area contributed by atoms with E-state index in [2.05, 4.69) is 0 Å². The predicted octanol–water partition coefficient (Wildman–Crippen LogP) is 1.37. The van der Waals surface area contributed by atoms with Gasteiger partial charge in [0.05, 0.1) is 17.9 Å². The topological polar surface area (TPSA) is 66.8 Å². The zero-order chi connectivity index (χ0) is 13.7. The molecule has 0 aliphatic heterocycles. The first-order valence-electron chi connectivity index (χ1n) is 6.48. The van der Waals surface area contributed by atoms with Crippen LogP contribution in [-0.2, 0) is 14.3 Å². The minimum atomic E-state index is -0.846. The molecule has 0 heterocycles. The lowest BCUT2D eigenvalue weighted by Gasteiger charge is -2.31. The van der Waals surface area contributed by atoms with Gasteiger partial charge in [-0.05, 0) is 19.8 Å². The van der Waals surface area contributed by atoms with Gasteiger partial charge in [0.15, 0.2) is 0 Å². The molecule has 18 heavy (non-hydrogen) atoms. The van der Waals surface area contributed by atoms with Gasteiger partial charge in [-0.3, -0.25) is 9.59 Å². The molecule has 0 aromatic rings. The Balaban J connectivity index is 2.65. The van der Waals surface area contributed by atoms with Crippen molar-refractivity contribution in [2.45, 2.75) is 38.7 Å². The monoisotopic (exact) mass is 257 g/mol. The summed E-state index contributed by atoms with van der Waals surface area (Å²) in [5, 5.41) is 9.17. The summed E-state index contributed by atoms with van der Waals surface area (Å²) in [7, 11) is 3.31. The third-order valence-corrected chi connectivity index (χ3v) is 3.71. The van der Waals surface area contributed by atoms with Crippen LogP contribution in [-0.4, -0.2) is 48.7 Å². The lowest BCUT2D eigenvalue weighted by atomic mass is 9.78. The van der Waals surface area contributed by atoms with Gasteiger partial charge in [-0.1, -0.05) is 12.8 Å². The molecule has 0 spiro atoms. The van der Waals surface area contributed by atoms with Crippen LogP contribution < -0.4 is 0 Å². The fourth-order valence-electron chi connectivity index (χ4n) is 2.56. The Kier molecular flexibility index (Phi) is 5.59. The predicted molar refractivity (Wildman–Crippen MR) is 67.2 cm³/mol. The van der Waals surface area contributed by atoms with E-state index in [-0.39, 0.29) is 17.9 Å². The molecule has 1 N–H and O–H groups in total. The number of carbonyl (C=O) groups is 2. The molecule has 5 nitrogen and oxygen atoms in total. The number of hydrogen-bond acceptors (Lipinski definition) is 3. The molecule has 1 amide bonds. The maximum Gasteiger partial charge on any atom is 0.307 e. The number of carboxylic acid groups (broad SMARTS) is 1. The molecule has 0 radical (unpaired) electrons. The third kappa shape index (κ3) is 3.70. The van der Waals surface area contributed by atoms with Crippen molar-refractivity contribution >= 4 is 11.9 Å². The number of methoxy groups -OCH3 is 1. The van der Waals surface area contributed by atoms with Gasteiger partial charge in [0.25, 0.3) is 0 Å². The summed E-state index contributed by atoms with van der Waals surface area (Å²) in [6.07, 6.45) is 3.10. The maximum absolute atomic E-state index is 12.3. The van der Waals surface area contributed by atoms with E-state index in [1.807, 2.05) is 6.92 Å². The molecule has 0 aromatic carbocycles. The summed E-state index contributed by atoms with van der Waals surface area (Å²) in [5.74, 6) is -1.80. The summed E-state index contributed by atoms with van der Waals surface area (Å²) in [4.78, 5) is 25.0. The van der Waals surface area contributed by atoms with Gasteiger partial charge in [-0.15, -0.1) is 0 Å². The molecule has 104 valence electrons. The largest absolute Gasteiger partial charge is 0.481 e. The van der Waals surface area contributed by atoms with Crippen LogP contribution in [0.1, 0.15) is 32.6 Å². The summed E-state index contributed by atoms with van der Waals surface area (Å²) in [6.45, 7) is 2.39. The van der Waals surface area contributed by atoms with Crippen molar-refractivity contribution in [2.24, 2.45) is 11.8 Å². The van der Waals surface area contributed by atoms with E-state index in [9.17, 15) is 14.7 Å². The van der Waals surface area contributed by atoms with Crippen LogP contribution >= 0.6 is 0 Å². The standard InChI is InChI=1S/C13H23NO4/c1-9(18-3)8-14(2)12(15)10-6-4-5-7-11(10)13(16)17/h9-11H,4-8H2,1-3H3,(H,16,17)/t9?,10-,11+/m1/s1. The number of rotatable bonds is 5. The van der Waals surface area contributed by atoms with E-state index in [0.717, 1.165) is 12.8 Å². The summed E-state index contributed by atoms with van der Waals surface area (Å²) in [5.41, 5.74) is 0. The summed E-state index contributed by atoms with van der Waals surface area (Å²) >= 11 is 0. The second kappa shape index (κ2) is 6.73. The van der Waals surface area contributed by atoms with Gasteiger partial charge < -0.3 is 14.7 Å². The molecule has 1 unspecified atom stereocenters. The number of amides is 1. The zero-order valence-electron chi connectivity index (χ0n) is 11.4. The highest BCUT2D eigenvalue weighted by atomic mass is 16.5. The van der Waals surface area contributed by atoms with Crippen molar-refractivity contribution in [1.82, 2.24) is 4.90 Å². The zero-order valence-corrected chi connectivity index (χ0v) is 11.4. The minimum absolute atomic E-state index is 0.0363. The van der Waals surface area contributed by atoms with E-state index in [1.165, 1.54) is 0 Å². The maximum atomic E-state index is 12.3. The van der Waals surface area contributed by atoms with E-state index in [1.54, 1.807) is 19.1 Å². The van der Waals surface area contributed by atoms with Crippen LogP contribution in [0.2, 0.25) is 0 Å². The Bertz CT molecular complexity index is 305. The van der Waals surface area contributed by atoms with Crippen molar-refractivity contribution in [3.8, 4) is 0 Å². The van der Waals surface area contributed by atoms with Gasteiger partial charge in [0, 0.05) is 20.7 Å². The molecule has 1 aliphatic carbocycles. The number of ether oxygens (including phenoxy) is 1. The minimum Gasteiger partial charge on any atom is -0.481 e. The van der Waals surface area contributed by atoms with E-state index < -0.39 is 11.9 Å². The van der Waals surface area contributed by atoms with E-state index >= 15 is 0 Å². The molecule has 1 saturated carbocycles. The first kappa shape index (κ1) is 15.0. The van der Waals surface area contributed by atoms with Crippen molar-refractivity contribution in [3.63, 3.8) is 0 Å². The first-order valence-corrected chi connectivity index (χ1v) is 6.48. The molecule has 1 fully saturated rings. The molecular weight excluding hydrogens is 234 g/mol. The molecule has 3 atom stereocenters. The Morgan fingerprint density at radius 3 is 2.39 bits per heavy atom. The van der Waals surface area contributed by atoms with Crippen molar-refractivity contribution in [1.29, 1.82) is 0 Å². The second-order valence-corrected chi connectivity index (χ2v) is 5.10. The van der Waals surface area contributed by atoms with Gasteiger partial charge in [0.2, 0.25) is 5.91 Å². The van der Waals surface area contributed by atoms with Gasteiger partial charge >= 0.3 is 5.97 Å². The number of hydrogen-bond donors (Lipinski definition) is 1. The highest BCUT2D eigenvalue weighted by molar-refractivity contribution is 5.84. The lowest BCUT2D eigenvalue weighted by molar-refractivity contribution is -0.152. The van der Waals surface area contributed by atoms with Gasteiger partial charge in [0.1, 0.15) is 0 Å². The first-order chi connectivity index (χ1) is 8.47. The number of nitrogens with zero attached hydrogens (tertiary/aromatic N) is 1. The lowest BCUT2D eigenvalue weighted by Crippen LogP contribution is -2.43. The SMILES string of the molecule is COC(C)CN(C)C(=O)[C@@H]1CCCC[C@@H]1C(=O)O. The van der Waals surface area contributed by atoms with Gasteiger partial charge in [-0.2, -0.15) is 0 Å². The van der Waals surface area contributed by atoms with Crippen LogP contribution in [0.3, 0.4) is 0 Å². The van der Waals surface area contributed by atoms with E-state index in [4.69, 9.17) is 4.74 Å². The van der Waals surface area contributed by atoms with Crippen LogP contribution in [0.25, 0.3) is 0 Å². The molecule has 1 aliphatic rings. The molecule has 0 bridgehead atoms. The Morgan fingerprint density at radius 2 is 1.89 bits per heavy atom. The average molecular weight is 257 g/mol. The average Bonchev–Trinajstić information content (AvgIpc) is 2.37. The van der Waals surface area contributed by atoms with Crippen LogP contribution in [0.15, 0.2) is 0 Å². The number of carbonyl (C=O) groups excluding carboxylic acids is 1. The highest BCUT2D eigenvalue weighted by Gasteiger charge is 2.37. The molecule has 5 heteroatoms. The number of likely N-dealkylation sites (N-methyl/N-ethyl adjacent to an activating group) is 1. The molecule has 1 rings (SSSR count). The van der Waals surface area contributed by atoms with Gasteiger partial charge in [-0.25, -0.2) is 0 Å². The van der Waals surface area contributed by atoms with Crippen molar-refractivity contribution in [2.75, 3.05) is 20.7 Å². The third-order valence-electron chi connectivity index (χ3n) is 3.71. The van der Waals surface area contributed by atoms with Crippen molar-refractivity contribution < 1.29 is 19.4 Å². The fourth-order valence-corrected chi connectivity index (χ4v) is 2.56. The number of carboxylic acids is 1. The van der Waals surface area contributed by atoms with Crippen molar-refractivity contribution in [3.05, 3.63) is 0 Å². The van der Waals surface area contributed by atoms with Crippen LogP contribution in [0.4, 0.5) is 0 Å². The molecular formula is C13H23NO4. The fraction of sp³-hybridized carbons (Fsp3) is 0.846. The Morgan fingerprint density at radius 1 is 1.33 bits per heavy atom.